The van der Waals surface area contributed by atoms with Gasteiger partial charge < -0.3 is 14.6 Å². The summed E-state index contributed by atoms with van der Waals surface area (Å²) < 4.78 is 7.24. The molecule has 2 heterocycles. The number of ether oxygens (including phenoxy) is 1. The van der Waals surface area contributed by atoms with Gasteiger partial charge in [0, 0.05) is 31.2 Å². The molecule has 0 bridgehead atoms. The van der Waals surface area contributed by atoms with E-state index >= 15 is 0 Å². The van der Waals surface area contributed by atoms with Crippen LogP contribution in [0.2, 0.25) is 0 Å². The maximum Gasteiger partial charge on any atom is 0.326 e. The molecule has 2 aromatic rings. The van der Waals surface area contributed by atoms with Crippen LogP contribution in [0.15, 0.2) is 23.0 Å². The van der Waals surface area contributed by atoms with Crippen molar-refractivity contribution in [2.75, 3.05) is 20.2 Å². The lowest BCUT2D eigenvalue weighted by atomic mass is 10.0. The Labute approximate surface area is 137 Å². The average Bonchev–Trinajstić information content (AvgIpc) is 2.90. The molecule has 1 fully saturated rings. The first-order valence-electron chi connectivity index (χ1n) is 8.66. The minimum atomic E-state index is -0.00619. The van der Waals surface area contributed by atoms with Gasteiger partial charge in [-0.3, -0.25) is 4.57 Å². The average molecular weight is 317 g/mol. The van der Waals surface area contributed by atoms with Gasteiger partial charge in [0.2, 0.25) is 0 Å². The summed E-state index contributed by atoms with van der Waals surface area (Å²) in [5, 5.41) is 0. The number of nitrogens with zero attached hydrogens (tertiary/aromatic N) is 2. The van der Waals surface area contributed by atoms with Crippen molar-refractivity contribution in [2.24, 2.45) is 0 Å². The van der Waals surface area contributed by atoms with Crippen LogP contribution in [0.4, 0.5) is 0 Å². The van der Waals surface area contributed by atoms with E-state index in [2.05, 4.69) is 23.7 Å². The molecular weight excluding hydrogens is 290 g/mol. The van der Waals surface area contributed by atoms with E-state index in [9.17, 15) is 4.79 Å². The molecule has 0 spiro atoms. The van der Waals surface area contributed by atoms with Crippen LogP contribution in [-0.4, -0.2) is 40.7 Å². The van der Waals surface area contributed by atoms with Gasteiger partial charge in [-0.15, -0.1) is 0 Å². The number of fused-ring (bicyclic) bond motifs is 1. The number of hydrogen-bond acceptors (Lipinski definition) is 3. The second-order valence-electron chi connectivity index (χ2n) is 6.59. The highest BCUT2D eigenvalue weighted by molar-refractivity contribution is 5.77. The fourth-order valence-corrected chi connectivity index (χ4v) is 3.78. The number of hydrogen-bond donors (Lipinski definition) is 1. The van der Waals surface area contributed by atoms with Gasteiger partial charge in [-0.2, -0.15) is 0 Å². The lowest BCUT2D eigenvalue weighted by molar-refractivity contribution is 0.137. The number of rotatable bonds is 5. The quantitative estimate of drug-likeness (QED) is 0.921. The van der Waals surface area contributed by atoms with Crippen LogP contribution in [0.25, 0.3) is 11.0 Å². The topological polar surface area (TPSA) is 50.3 Å². The standard InChI is InChI=1S/C18H27N3O2/c1-4-5-13(2)20-10-8-14(9-11-20)21-17-12-15(23-3)6-7-16(17)19-18(21)22/h6-7,12-14H,4-5,8-11H2,1-3H3,(H,19,22). The van der Waals surface area contributed by atoms with E-state index in [1.165, 1.54) is 12.8 Å². The third-order valence-corrected chi connectivity index (χ3v) is 5.12. The highest BCUT2D eigenvalue weighted by Gasteiger charge is 2.25. The van der Waals surface area contributed by atoms with E-state index in [0.717, 1.165) is 42.7 Å². The molecule has 0 radical (unpaired) electrons. The summed E-state index contributed by atoms with van der Waals surface area (Å²) in [6, 6.07) is 6.68. The number of imidazole rings is 1. The second-order valence-corrected chi connectivity index (χ2v) is 6.59. The first-order valence-corrected chi connectivity index (χ1v) is 8.66. The zero-order chi connectivity index (χ0) is 16.4. The highest BCUT2D eigenvalue weighted by atomic mass is 16.5. The summed E-state index contributed by atoms with van der Waals surface area (Å²) in [5.41, 5.74) is 1.83. The first-order chi connectivity index (χ1) is 11.1. The molecule has 1 atom stereocenters. The zero-order valence-corrected chi connectivity index (χ0v) is 14.3. The second kappa shape index (κ2) is 6.79. The Bertz CT molecular complexity index is 711. The summed E-state index contributed by atoms with van der Waals surface area (Å²) in [7, 11) is 1.66. The van der Waals surface area contributed by atoms with Gasteiger partial charge in [-0.25, -0.2) is 4.79 Å². The molecule has 1 aromatic carbocycles. The van der Waals surface area contributed by atoms with Gasteiger partial charge in [0.25, 0.3) is 0 Å². The molecule has 23 heavy (non-hydrogen) atoms. The third-order valence-electron chi connectivity index (χ3n) is 5.12. The fourth-order valence-electron chi connectivity index (χ4n) is 3.78. The summed E-state index contributed by atoms with van der Waals surface area (Å²) in [6.45, 7) is 6.68. The van der Waals surface area contributed by atoms with E-state index < -0.39 is 0 Å². The number of nitrogens with one attached hydrogen (secondary N) is 1. The number of methoxy groups -OCH3 is 1. The van der Waals surface area contributed by atoms with E-state index in [1.807, 2.05) is 22.8 Å². The van der Waals surface area contributed by atoms with Crippen LogP contribution in [0.5, 0.6) is 5.75 Å². The molecule has 1 aliphatic rings. The SMILES string of the molecule is CCCC(C)N1CCC(n2c(=O)[nH]c3ccc(OC)cc32)CC1. The van der Waals surface area contributed by atoms with Crippen LogP contribution in [0, 0.1) is 0 Å². The van der Waals surface area contributed by atoms with Gasteiger partial charge in [-0.1, -0.05) is 13.3 Å². The largest absolute Gasteiger partial charge is 0.497 e. The van der Waals surface area contributed by atoms with Crippen LogP contribution in [-0.2, 0) is 0 Å². The number of likely N-dealkylation sites (tertiary alicyclic amines) is 1. The molecule has 1 aromatic heterocycles. The van der Waals surface area contributed by atoms with E-state index in [0.29, 0.717) is 6.04 Å². The molecule has 5 heteroatoms. The molecular formula is C18H27N3O2. The van der Waals surface area contributed by atoms with Crippen molar-refractivity contribution < 1.29 is 4.74 Å². The van der Waals surface area contributed by atoms with Crippen molar-refractivity contribution in [1.29, 1.82) is 0 Å². The molecule has 126 valence electrons. The van der Waals surface area contributed by atoms with Crippen molar-refractivity contribution in [2.45, 2.75) is 51.6 Å². The molecule has 0 amide bonds. The van der Waals surface area contributed by atoms with Crippen LogP contribution in [0.3, 0.4) is 0 Å². The fraction of sp³-hybridized carbons (Fsp3) is 0.611. The normalized spacial score (nSPS) is 18.4. The smallest absolute Gasteiger partial charge is 0.326 e. The van der Waals surface area contributed by atoms with Gasteiger partial charge in [0.15, 0.2) is 0 Å². The lowest BCUT2D eigenvalue weighted by Gasteiger charge is -2.36. The molecule has 5 nitrogen and oxygen atoms in total. The molecule has 1 saturated heterocycles. The monoisotopic (exact) mass is 317 g/mol. The Balaban J connectivity index is 1.82. The molecule has 1 N–H and O–H groups in total. The van der Waals surface area contributed by atoms with Crippen LogP contribution < -0.4 is 10.4 Å². The van der Waals surface area contributed by atoms with Crippen LogP contribution >= 0.6 is 0 Å². The van der Waals surface area contributed by atoms with Crippen LogP contribution in [0.1, 0.15) is 45.6 Å². The minimum Gasteiger partial charge on any atom is -0.497 e. The van der Waals surface area contributed by atoms with Crippen molar-refractivity contribution in [3.63, 3.8) is 0 Å². The van der Waals surface area contributed by atoms with Crippen molar-refractivity contribution >= 4 is 11.0 Å². The zero-order valence-electron chi connectivity index (χ0n) is 14.3. The first kappa shape index (κ1) is 16.1. The Morgan fingerprint density at radius 1 is 1.35 bits per heavy atom. The van der Waals surface area contributed by atoms with Crippen molar-refractivity contribution in [3.05, 3.63) is 28.7 Å². The summed E-state index contributed by atoms with van der Waals surface area (Å²) in [5.74, 6) is 0.791. The minimum absolute atomic E-state index is 0.00619. The number of H-pyrrole nitrogens is 1. The van der Waals surface area contributed by atoms with E-state index in [4.69, 9.17) is 4.74 Å². The number of aromatic nitrogens is 2. The molecule has 3 rings (SSSR count). The maximum atomic E-state index is 12.4. The molecule has 1 aliphatic heterocycles. The van der Waals surface area contributed by atoms with E-state index in [-0.39, 0.29) is 11.7 Å². The van der Waals surface area contributed by atoms with Gasteiger partial charge in [0.1, 0.15) is 5.75 Å². The molecule has 0 aliphatic carbocycles. The number of benzene rings is 1. The maximum absolute atomic E-state index is 12.4. The lowest BCUT2D eigenvalue weighted by Crippen LogP contribution is -2.41. The van der Waals surface area contributed by atoms with Gasteiger partial charge in [0.05, 0.1) is 18.1 Å². The molecule has 0 saturated carbocycles. The predicted molar refractivity (Wildman–Crippen MR) is 93.3 cm³/mol. The number of piperidine rings is 1. The van der Waals surface area contributed by atoms with Crippen molar-refractivity contribution in [3.8, 4) is 5.75 Å². The predicted octanol–water partition coefficient (Wildman–Crippen LogP) is 3.16. The Morgan fingerprint density at radius 3 is 2.74 bits per heavy atom. The summed E-state index contributed by atoms with van der Waals surface area (Å²) in [4.78, 5) is 17.9. The Hall–Kier alpha value is -1.75. The summed E-state index contributed by atoms with van der Waals surface area (Å²) >= 11 is 0. The van der Waals surface area contributed by atoms with Gasteiger partial charge >= 0.3 is 5.69 Å². The van der Waals surface area contributed by atoms with E-state index in [1.54, 1.807) is 7.11 Å². The third kappa shape index (κ3) is 3.15. The van der Waals surface area contributed by atoms with Crippen molar-refractivity contribution in [1.82, 2.24) is 14.5 Å². The Morgan fingerprint density at radius 2 is 2.09 bits per heavy atom. The summed E-state index contributed by atoms with van der Waals surface area (Å²) in [6.07, 6.45) is 4.52. The molecule has 1 unspecified atom stereocenters. The number of aromatic amines is 1. The Kier molecular flexibility index (Phi) is 4.76. The highest BCUT2D eigenvalue weighted by Crippen LogP contribution is 2.28. The van der Waals surface area contributed by atoms with Gasteiger partial charge in [-0.05, 0) is 38.3 Å².